The van der Waals surface area contributed by atoms with E-state index in [0.29, 0.717) is 11.4 Å². The van der Waals surface area contributed by atoms with E-state index in [0.717, 1.165) is 12.8 Å². The topological polar surface area (TPSA) is 69.6 Å². The second-order valence-corrected chi connectivity index (χ2v) is 5.08. The van der Waals surface area contributed by atoms with Gasteiger partial charge in [0.05, 0.1) is 0 Å². The molecule has 0 aromatic heterocycles. The van der Waals surface area contributed by atoms with Crippen molar-refractivity contribution in [2.45, 2.75) is 24.6 Å². The van der Waals surface area contributed by atoms with Crippen molar-refractivity contribution in [3.8, 4) is 11.5 Å². The van der Waals surface area contributed by atoms with Crippen LogP contribution in [0.25, 0.3) is 0 Å². The molecule has 0 spiro atoms. The van der Waals surface area contributed by atoms with Gasteiger partial charge in [-0.15, -0.1) is 0 Å². The fraction of sp³-hybridized carbons (Fsp3) is 0.417. The number of phenolic OH excluding ortho intramolecular Hbond substituents is 2. The molecule has 94 valence electrons. The second kappa shape index (κ2) is 6.49. The maximum atomic E-state index is 11.7. The summed E-state index contributed by atoms with van der Waals surface area (Å²) in [6.45, 7) is 2.62. The fourth-order valence-electron chi connectivity index (χ4n) is 1.37. The summed E-state index contributed by atoms with van der Waals surface area (Å²) in [5, 5.41) is 21.2. The monoisotopic (exact) mass is 301 g/mol. The molecule has 4 nitrogen and oxygen atoms in total. The van der Waals surface area contributed by atoms with Gasteiger partial charge in [-0.2, -0.15) is 0 Å². The molecular formula is C12H16BrNO3. The van der Waals surface area contributed by atoms with E-state index in [1.54, 1.807) is 0 Å². The van der Waals surface area contributed by atoms with Crippen LogP contribution in [-0.4, -0.2) is 27.5 Å². The first-order valence-corrected chi connectivity index (χ1v) is 6.39. The first-order chi connectivity index (χ1) is 8.02. The van der Waals surface area contributed by atoms with Gasteiger partial charge in [0.1, 0.15) is 11.5 Å². The van der Waals surface area contributed by atoms with Crippen molar-refractivity contribution < 1.29 is 15.0 Å². The minimum Gasteiger partial charge on any atom is -0.508 e. The molecule has 0 bridgehead atoms. The highest BCUT2D eigenvalue weighted by molar-refractivity contribution is 9.09. The van der Waals surface area contributed by atoms with E-state index in [4.69, 9.17) is 0 Å². The summed E-state index contributed by atoms with van der Waals surface area (Å²) in [7, 11) is 0. The zero-order valence-electron chi connectivity index (χ0n) is 9.61. The number of carbonyl (C=O) groups excluding carboxylic acids is 1. The summed E-state index contributed by atoms with van der Waals surface area (Å²) in [4.78, 5) is 12.1. The number of rotatable bonds is 5. The van der Waals surface area contributed by atoms with Gasteiger partial charge in [-0.1, -0.05) is 22.9 Å². The molecule has 17 heavy (non-hydrogen) atoms. The third kappa shape index (κ3) is 4.65. The van der Waals surface area contributed by atoms with Crippen LogP contribution >= 0.6 is 15.9 Å². The molecule has 0 aliphatic rings. The summed E-state index contributed by atoms with van der Waals surface area (Å²) in [5.41, 5.74) is 0.255. The maximum absolute atomic E-state index is 11.7. The Bertz CT molecular complexity index is 375. The molecule has 0 heterocycles. The number of benzene rings is 1. The molecule has 0 aliphatic heterocycles. The molecule has 0 fully saturated rings. The molecule has 0 saturated carbocycles. The molecular weight excluding hydrogens is 286 g/mol. The van der Waals surface area contributed by atoms with Gasteiger partial charge in [-0.25, -0.2) is 0 Å². The predicted molar refractivity (Wildman–Crippen MR) is 69.7 cm³/mol. The van der Waals surface area contributed by atoms with E-state index in [1.165, 1.54) is 18.2 Å². The lowest BCUT2D eigenvalue weighted by Crippen LogP contribution is -2.25. The fourth-order valence-corrected chi connectivity index (χ4v) is 1.60. The Morgan fingerprint density at radius 2 is 1.94 bits per heavy atom. The van der Waals surface area contributed by atoms with Crippen LogP contribution in [0.1, 0.15) is 30.1 Å². The lowest BCUT2D eigenvalue weighted by Gasteiger charge is -2.08. The number of carbonyl (C=O) groups is 1. The molecule has 1 atom stereocenters. The molecule has 1 amide bonds. The standard InChI is InChI=1S/C12H16BrNO3/c1-2-9(13)3-4-14-12(17)8-5-10(15)7-11(16)6-8/h5-7,9,15-16H,2-4H2,1H3,(H,14,17). The quantitative estimate of drug-likeness (QED) is 0.731. The van der Waals surface area contributed by atoms with Crippen molar-refractivity contribution in [1.29, 1.82) is 0 Å². The Labute approximate surface area is 109 Å². The van der Waals surface area contributed by atoms with E-state index in [1.807, 2.05) is 0 Å². The average molecular weight is 302 g/mol. The highest BCUT2D eigenvalue weighted by atomic mass is 79.9. The van der Waals surface area contributed by atoms with Crippen molar-refractivity contribution in [1.82, 2.24) is 5.32 Å². The number of hydrogen-bond donors (Lipinski definition) is 3. The van der Waals surface area contributed by atoms with Crippen molar-refractivity contribution >= 4 is 21.8 Å². The Kier molecular flexibility index (Phi) is 5.28. The summed E-state index contributed by atoms with van der Waals surface area (Å²) < 4.78 is 0. The van der Waals surface area contributed by atoms with Crippen LogP contribution < -0.4 is 5.32 Å². The zero-order chi connectivity index (χ0) is 12.8. The number of aromatic hydroxyl groups is 2. The first kappa shape index (κ1) is 13.8. The molecule has 0 aliphatic carbocycles. The molecule has 5 heteroatoms. The van der Waals surface area contributed by atoms with Crippen LogP contribution in [0.4, 0.5) is 0 Å². The number of amides is 1. The number of alkyl halides is 1. The largest absolute Gasteiger partial charge is 0.508 e. The van der Waals surface area contributed by atoms with E-state index in [-0.39, 0.29) is 23.0 Å². The highest BCUT2D eigenvalue weighted by Gasteiger charge is 2.08. The van der Waals surface area contributed by atoms with E-state index in [9.17, 15) is 15.0 Å². The number of nitrogens with one attached hydrogen (secondary N) is 1. The number of halogens is 1. The number of phenols is 2. The van der Waals surface area contributed by atoms with Crippen molar-refractivity contribution in [3.05, 3.63) is 23.8 Å². The molecule has 1 aromatic carbocycles. The van der Waals surface area contributed by atoms with Crippen LogP contribution in [-0.2, 0) is 0 Å². The van der Waals surface area contributed by atoms with E-state index in [2.05, 4.69) is 28.2 Å². The minimum absolute atomic E-state index is 0.123. The number of hydrogen-bond acceptors (Lipinski definition) is 3. The van der Waals surface area contributed by atoms with Crippen molar-refractivity contribution in [2.75, 3.05) is 6.54 Å². The second-order valence-electron chi connectivity index (χ2n) is 3.79. The van der Waals surface area contributed by atoms with Crippen molar-refractivity contribution in [2.24, 2.45) is 0 Å². The van der Waals surface area contributed by atoms with Gasteiger partial charge in [-0.05, 0) is 25.0 Å². The average Bonchev–Trinajstić information content (AvgIpc) is 2.27. The third-order valence-corrected chi connectivity index (χ3v) is 3.46. The van der Waals surface area contributed by atoms with Gasteiger partial charge in [0.15, 0.2) is 0 Å². The molecule has 1 rings (SSSR count). The molecule has 1 unspecified atom stereocenters. The molecule has 0 radical (unpaired) electrons. The molecule has 3 N–H and O–H groups in total. The van der Waals surface area contributed by atoms with Crippen LogP contribution in [0.15, 0.2) is 18.2 Å². The Morgan fingerprint density at radius 3 is 2.47 bits per heavy atom. The molecule has 0 saturated heterocycles. The Balaban J connectivity index is 2.52. The van der Waals surface area contributed by atoms with Gasteiger partial charge in [0, 0.05) is 23.0 Å². The van der Waals surface area contributed by atoms with Gasteiger partial charge >= 0.3 is 0 Å². The SMILES string of the molecule is CCC(Br)CCNC(=O)c1cc(O)cc(O)c1. The lowest BCUT2D eigenvalue weighted by molar-refractivity contribution is 0.0952. The summed E-state index contributed by atoms with van der Waals surface area (Å²) >= 11 is 3.48. The van der Waals surface area contributed by atoms with Crippen LogP contribution in [0.5, 0.6) is 11.5 Å². The van der Waals surface area contributed by atoms with Gasteiger partial charge < -0.3 is 15.5 Å². The first-order valence-electron chi connectivity index (χ1n) is 5.48. The van der Waals surface area contributed by atoms with Crippen LogP contribution in [0, 0.1) is 0 Å². The summed E-state index contributed by atoms with van der Waals surface area (Å²) in [5.74, 6) is -0.545. The Morgan fingerprint density at radius 1 is 1.35 bits per heavy atom. The summed E-state index contributed by atoms with van der Waals surface area (Å²) in [6.07, 6.45) is 1.84. The van der Waals surface area contributed by atoms with E-state index < -0.39 is 0 Å². The van der Waals surface area contributed by atoms with Gasteiger partial charge in [0.2, 0.25) is 0 Å². The molecule has 1 aromatic rings. The van der Waals surface area contributed by atoms with Gasteiger partial charge in [-0.3, -0.25) is 4.79 Å². The highest BCUT2D eigenvalue weighted by Crippen LogP contribution is 2.20. The van der Waals surface area contributed by atoms with Crippen molar-refractivity contribution in [3.63, 3.8) is 0 Å². The van der Waals surface area contributed by atoms with Gasteiger partial charge in [0.25, 0.3) is 5.91 Å². The zero-order valence-corrected chi connectivity index (χ0v) is 11.2. The minimum atomic E-state index is -0.299. The normalized spacial score (nSPS) is 12.1. The Hall–Kier alpha value is -1.23. The van der Waals surface area contributed by atoms with Crippen LogP contribution in [0.2, 0.25) is 0 Å². The van der Waals surface area contributed by atoms with Crippen LogP contribution in [0.3, 0.4) is 0 Å². The van der Waals surface area contributed by atoms with E-state index >= 15 is 0 Å². The smallest absolute Gasteiger partial charge is 0.251 e. The third-order valence-electron chi connectivity index (χ3n) is 2.35. The summed E-state index contributed by atoms with van der Waals surface area (Å²) in [6, 6.07) is 3.82. The maximum Gasteiger partial charge on any atom is 0.251 e. The predicted octanol–water partition coefficient (Wildman–Crippen LogP) is 2.39. The lowest BCUT2D eigenvalue weighted by atomic mass is 10.2.